The smallest absolute Gasteiger partial charge is 0.330 e. The van der Waals surface area contributed by atoms with Gasteiger partial charge in [-0.15, -0.1) is 0 Å². The van der Waals surface area contributed by atoms with Crippen molar-refractivity contribution in [2.24, 2.45) is 11.8 Å². The number of hydrogen-bond donors (Lipinski definition) is 0. The molecule has 2 aliphatic rings. The third-order valence-electron chi connectivity index (χ3n) is 4.89. The lowest BCUT2D eigenvalue weighted by Crippen LogP contribution is -2.33. The van der Waals surface area contributed by atoms with E-state index in [2.05, 4.69) is 0 Å². The van der Waals surface area contributed by atoms with Crippen LogP contribution in [0.4, 0.5) is 0 Å². The molecule has 0 amide bonds. The van der Waals surface area contributed by atoms with Crippen molar-refractivity contribution >= 4 is 11.9 Å². The average molecular weight is 323 g/mol. The standard InChI is InChI=1S/C18H29NO4/c1-13(20)23-17-7-6-15-10-14(4-5-16(15)12-17)11-18(21)22-9-8-19(2)3/h11,15-17H,4-10,12H2,1-3H3/b14-11+/t15?,16?,17-/m0/s1. The Bertz CT molecular complexity index is 458. The Morgan fingerprint density at radius 1 is 1.22 bits per heavy atom. The molecule has 0 aromatic heterocycles. The van der Waals surface area contributed by atoms with Gasteiger partial charge in [-0.3, -0.25) is 4.79 Å². The summed E-state index contributed by atoms with van der Waals surface area (Å²) in [6.07, 6.45) is 7.82. The van der Waals surface area contributed by atoms with Crippen LogP contribution in [0.25, 0.3) is 0 Å². The summed E-state index contributed by atoms with van der Waals surface area (Å²) in [6, 6.07) is 0. The molecule has 2 saturated carbocycles. The van der Waals surface area contributed by atoms with Crippen molar-refractivity contribution in [1.82, 2.24) is 4.90 Å². The van der Waals surface area contributed by atoms with E-state index in [0.717, 1.165) is 45.1 Å². The van der Waals surface area contributed by atoms with Crippen molar-refractivity contribution in [3.8, 4) is 0 Å². The molecular weight excluding hydrogens is 294 g/mol. The lowest BCUT2D eigenvalue weighted by Gasteiger charge is -2.39. The van der Waals surface area contributed by atoms with E-state index in [4.69, 9.17) is 9.47 Å². The Kier molecular flexibility index (Phi) is 6.63. The number of likely N-dealkylation sites (N-methyl/N-ethyl adjacent to an activating group) is 1. The maximum atomic E-state index is 11.9. The number of fused-ring (bicyclic) bond motifs is 1. The highest BCUT2D eigenvalue weighted by Gasteiger charge is 2.35. The van der Waals surface area contributed by atoms with Gasteiger partial charge in [0, 0.05) is 19.5 Å². The normalized spacial score (nSPS) is 29.2. The number of esters is 2. The second-order valence-corrected chi connectivity index (χ2v) is 7.08. The summed E-state index contributed by atoms with van der Waals surface area (Å²) in [5, 5.41) is 0. The minimum atomic E-state index is -0.214. The van der Waals surface area contributed by atoms with Crippen LogP contribution in [0.2, 0.25) is 0 Å². The van der Waals surface area contributed by atoms with Gasteiger partial charge in [0.25, 0.3) is 0 Å². The lowest BCUT2D eigenvalue weighted by atomic mass is 9.68. The second-order valence-electron chi connectivity index (χ2n) is 7.08. The Labute approximate surface area is 139 Å². The van der Waals surface area contributed by atoms with Crippen molar-refractivity contribution in [3.63, 3.8) is 0 Å². The molecule has 0 heterocycles. The molecule has 0 aliphatic heterocycles. The van der Waals surface area contributed by atoms with Gasteiger partial charge in [0.2, 0.25) is 0 Å². The number of carbonyl (C=O) groups excluding carboxylic acids is 2. The van der Waals surface area contributed by atoms with E-state index in [1.165, 1.54) is 12.5 Å². The van der Waals surface area contributed by atoms with Gasteiger partial charge in [-0.05, 0) is 64.5 Å². The van der Waals surface area contributed by atoms with Gasteiger partial charge in [0.15, 0.2) is 0 Å². The number of carbonyl (C=O) groups is 2. The monoisotopic (exact) mass is 323 g/mol. The molecular formula is C18H29NO4. The number of nitrogens with zero attached hydrogens (tertiary/aromatic N) is 1. The molecule has 0 saturated heterocycles. The van der Waals surface area contributed by atoms with Gasteiger partial charge in [0.05, 0.1) is 0 Å². The van der Waals surface area contributed by atoms with Crippen molar-refractivity contribution in [1.29, 1.82) is 0 Å². The molecule has 0 aromatic rings. The molecule has 0 spiro atoms. The summed E-state index contributed by atoms with van der Waals surface area (Å²) in [7, 11) is 3.92. The molecule has 0 N–H and O–H groups in total. The summed E-state index contributed by atoms with van der Waals surface area (Å²) in [5.74, 6) is 0.852. The van der Waals surface area contributed by atoms with Gasteiger partial charge in [-0.1, -0.05) is 5.57 Å². The van der Waals surface area contributed by atoms with Crippen LogP contribution in [0, 0.1) is 11.8 Å². The van der Waals surface area contributed by atoms with Gasteiger partial charge >= 0.3 is 11.9 Å². The molecule has 130 valence electrons. The van der Waals surface area contributed by atoms with Crippen LogP contribution in [0.5, 0.6) is 0 Å². The molecule has 0 aromatic carbocycles. The van der Waals surface area contributed by atoms with E-state index in [1.807, 2.05) is 19.0 Å². The van der Waals surface area contributed by atoms with Gasteiger partial charge in [-0.2, -0.15) is 0 Å². The topological polar surface area (TPSA) is 55.8 Å². The molecule has 23 heavy (non-hydrogen) atoms. The highest BCUT2D eigenvalue weighted by molar-refractivity contribution is 5.82. The van der Waals surface area contributed by atoms with E-state index in [9.17, 15) is 9.59 Å². The highest BCUT2D eigenvalue weighted by atomic mass is 16.5. The first-order chi connectivity index (χ1) is 10.9. The van der Waals surface area contributed by atoms with Crippen molar-refractivity contribution < 1.29 is 19.1 Å². The third-order valence-corrected chi connectivity index (χ3v) is 4.89. The number of rotatable bonds is 5. The summed E-state index contributed by atoms with van der Waals surface area (Å²) in [6.45, 7) is 2.67. The van der Waals surface area contributed by atoms with Gasteiger partial charge in [0.1, 0.15) is 12.7 Å². The van der Waals surface area contributed by atoms with Crippen LogP contribution in [0.1, 0.15) is 45.4 Å². The molecule has 5 nitrogen and oxygen atoms in total. The molecule has 2 aliphatic carbocycles. The van der Waals surface area contributed by atoms with Crippen molar-refractivity contribution in [2.75, 3.05) is 27.2 Å². The van der Waals surface area contributed by atoms with Crippen LogP contribution in [-0.2, 0) is 19.1 Å². The van der Waals surface area contributed by atoms with E-state index >= 15 is 0 Å². The predicted octanol–water partition coefficient (Wildman–Crippen LogP) is 2.55. The molecule has 2 fully saturated rings. The third kappa shape index (κ3) is 5.98. The van der Waals surface area contributed by atoms with Crippen LogP contribution >= 0.6 is 0 Å². The van der Waals surface area contributed by atoms with Crippen LogP contribution in [-0.4, -0.2) is 50.2 Å². The van der Waals surface area contributed by atoms with E-state index in [1.54, 1.807) is 6.08 Å². The minimum absolute atomic E-state index is 0.0929. The molecule has 3 atom stereocenters. The first-order valence-corrected chi connectivity index (χ1v) is 8.62. The molecule has 5 heteroatoms. The average Bonchev–Trinajstić information content (AvgIpc) is 2.46. The van der Waals surface area contributed by atoms with E-state index in [0.29, 0.717) is 18.4 Å². The summed E-state index contributed by atoms with van der Waals surface area (Å²) in [5.41, 5.74) is 1.21. The van der Waals surface area contributed by atoms with Gasteiger partial charge in [-0.25, -0.2) is 4.79 Å². The Morgan fingerprint density at radius 2 is 2.00 bits per heavy atom. The largest absolute Gasteiger partial charge is 0.463 e. The maximum Gasteiger partial charge on any atom is 0.330 e. The first-order valence-electron chi connectivity index (χ1n) is 8.62. The molecule has 0 radical (unpaired) electrons. The summed E-state index contributed by atoms with van der Waals surface area (Å²) < 4.78 is 10.6. The zero-order chi connectivity index (χ0) is 16.8. The Morgan fingerprint density at radius 3 is 2.70 bits per heavy atom. The predicted molar refractivity (Wildman–Crippen MR) is 87.8 cm³/mol. The highest BCUT2D eigenvalue weighted by Crippen LogP contribution is 2.43. The van der Waals surface area contributed by atoms with Crippen LogP contribution < -0.4 is 0 Å². The van der Waals surface area contributed by atoms with E-state index < -0.39 is 0 Å². The minimum Gasteiger partial charge on any atom is -0.463 e. The number of allylic oxidation sites excluding steroid dienone is 1. The summed E-state index contributed by atoms with van der Waals surface area (Å²) in [4.78, 5) is 24.9. The summed E-state index contributed by atoms with van der Waals surface area (Å²) >= 11 is 0. The van der Waals surface area contributed by atoms with Crippen molar-refractivity contribution in [3.05, 3.63) is 11.6 Å². The van der Waals surface area contributed by atoms with E-state index in [-0.39, 0.29) is 18.0 Å². The van der Waals surface area contributed by atoms with Crippen LogP contribution in [0.15, 0.2) is 11.6 Å². The fourth-order valence-corrected chi connectivity index (χ4v) is 3.73. The maximum absolute atomic E-state index is 11.9. The lowest BCUT2D eigenvalue weighted by molar-refractivity contribution is -0.149. The number of ether oxygens (including phenoxy) is 2. The quantitative estimate of drug-likeness (QED) is 0.575. The fourth-order valence-electron chi connectivity index (χ4n) is 3.73. The Hall–Kier alpha value is -1.36. The van der Waals surface area contributed by atoms with Crippen molar-refractivity contribution in [2.45, 2.75) is 51.6 Å². The van der Waals surface area contributed by atoms with Crippen LogP contribution in [0.3, 0.4) is 0 Å². The zero-order valence-corrected chi connectivity index (χ0v) is 14.5. The second kappa shape index (κ2) is 8.48. The SMILES string of the molecule is CC(=O)O[C@H]1CCC2C/C(=C/C(=O)OCCN(C)C)CCC2C1. The number of hydrogen-bond acceptors (Lipinski definition) is 5. The molecule has 2 unspecified atom stereocenters. The molecule has 2 rings (SSSR count). The van der Waals surface area contributed by atoms with Gasteiger partial charge < -0.3 is 14.4 Å². The fraction of sp³-hybridized carbons (Fsp3) is 0.778. The molecule has 0 bridgehead atoms. The first kappa shape index (κ1) is 18.0. The zero-order valence-electron chi connectivity index (χ0n) is 14.5. The Balaban J connectivity index is 1.78.